The zero-order chi connectivity index (χ0) is 24.9. The number of methoxy groups -OCH3 is 1. The number of nitrogens with one attached hydrogen (secondary N) is 1. The maximum atomic E-state index is 12.6. The topological polar surface area (TPSA) is 81.7 Å². The average molecular weight is 462 g/mol. The highest BCUT2D eigenvalue weighted by molar-refractivity contribution is 5.97. The molecule has 0 aliphatic heterocycles. The number of ketones is 1. The molecule has 0 saturated heterocycles. The van der Waals surface area contributed by atoms with Crippen LogP contribution < -0.4 is 10.1 Å². The summed E-state index contributed by atoms with van der Waals surface area (Å²) >= 11 is 0. The van der Waals surface area contributed by atoms with E-state index >= 15 is 0 Å². The Bertz CT molecular complexity index is 1050. The lowest BCUT2D eigenvalue weighted by molar-refractivity contribution is -0.156. The van der Waals surface area contributed by atoms with Crippen LogP contribution in [0.3, 0.4) is 0 Å². The normalized spacial score (nSPS) is 11.8. The number of rotatable bonds is 8. The van der Waals surface area contributed by atoms with Gasteiger partial charge in [0.15, 0.2) is 17.9 Å². The second-order valence-electron chi connectivity index (χ2n) is 7.64. The Labute approximate surface area is 200 Å². The van der Waals surface area contributed by atoms with E-state index in [0.717, 1.165) is 5.75 Å². The second kappa shape index (κ2) is 13.6. The van der Waals surface area contributed by atoms with Gasteiger partial charge in [0.1, 0.15) is 5.75 Å². The van der Waals surface area contributed by atoms with Gasteiger partial charge in [0.2, 0.25) is 0 Å². The van der Waals surface area contributed by atoms with E-state index in [1.54, 1.807) is 68.6 Å². The molecule has 0 radical (unpaired) electrons. The number of aryl methyl sites for hydroxylation is 1. The molecular formula is C28H31NO5. The van der Waals surface area contributed by atoms with E-state index in [1.165, 1.54) is 12.5 Å². The van der Waals surface area contributed by atoms with Gasteiger partial charge >= 0.3 is 5.97 Å². The molecule has 6 heteroatoms. The maximum Gasteiger partial charge on any atom is 0.334 e. The number of ether oxygens (including phenoxy) is 2. The number of hydrogen-bond donors (Lipinski definition) is 1. The summed E-state index contributed by atoms with van der Waals surface area (Å²) in [5.74, 6) is -0.350. The van der Waals surface area contributed by atoms with Crippen molar-refractivity contribution in [3.8, 4) is 5.75 Å². The average Bonchev–Trinajstić information content (AvgIpc) is 2.87. The highest BCUT2D eigenvalue weighted by atomic mass is 16.5. The molecule has 0 aliphatic rings. The molecule has 1 N–H and O–H groups in total. The molecule has 3 aromatic carbocycles. The lowest BCUT2D eigenvalue weighted by Crippen LogP contribution is -2.37. The predicted molar refractivity (Wildman–Crippen MR) is 132 cm³/mol. The predicted octanol–water partition coefficient (Wildman–Crippen LogP) is 5.07. The molecule has 0 fully saturated rings. The van der Waals surface area contributed by atoms with Crippen LogP contribution >= 0.6 is 0 Å². The van der Waals surface area contributed by atoms with E-state index in [9.17, 15) is 14.4 Å². The van der Waals surface area contributed by atoms with Gasteiger partial charge in [0, 0.05) is 5.56 Å². The lowest BCUT2D eigenvalue weighted by Gasteiger charge is -2.21. The molecule has 0 spiro atoms. The standard InChI is InChI=1S/C20H21NO4.C8H10O/c1-3-17(14(2)22)25-20(24)18(15-10-6-4-7-11-15)21-19(23)16-12-8-5-9-13-16;1-7-3-5-8(9-2)6-4-7/h4-13,17-18H,3H2,1-2H3,(H,21,23);3-6H,1-2H3. The van der Waals surface area contributed by atoms with Gasteiger partial charge in [-0.2, -0.15) is 0 Å². The van der Waals surface area contributed by atoms with Crippen molar-refractivity contribution in [1.29, 1.82) is 0 Å². The van der Waals surface area contributed by atoms with Crippen molar-refractivity contribution in [2.45, 2.75) is 39.3 Å². The summed E-state index contributed by atoms with van der Waals surface area (Å²) in [6, 6.07) is 24.4. The van der Waals surface area contributed by atoms with Crippen LogP contribution in [0.1, 0.15) is 47.8 Å². The van der Waals surface area contributed by atoms with Crippen molar-refractivity contribution < 1.29 is 23.9 Å². The van der Waals surface area contributed by atoms with Gasteiger partial charge in [-0.3, -0.25) is 9.59 Å². The molecule has 2 atom stereocenters. The Balaban J connectivity index is 0.000000379. The minimum atomic E-state index is -0.984. The maximum absolute atomic E-state index is 12.6. The molecule has 2 unspecified atom stereocenters. The lowest BCUT2D eigenvalue weighted by atomic mass is 10.1. The Morgan fingerprint density at radius 2 is 1.41 bits per heavy atom. The van der Waals surface area contributed by atoms with E-state index in [-0.39, 0.29) is 11.7 Å². The SMILES string of the molecule is CCC(OC(=O)C(NC(=O)c1ccccc1)c1ccccc1)C(C)=O.COc1ccc(C)cc1. The van der Waals surface area contributed by atoms with Crippen LogP contribution in [0.25, 0.3) is 0 Å². The zero-order valence-corrected chi connectivity index (χ0v) is 20.0. The summed E-state index contributed by atoms with van der Waals surface area (Å²) in [5.41, 5.74) is 2.29. The van der Waals surface area contributed by atoms with Crippen molar-refractivity contribution in [2.24, 2.45) is 0 Å². The van der Waals surface area contributed by atoms with Gasteiger partial charge in [-0.05, 0) is 50.1 Å². The zero-order valence-electron chi connectivity index (χ0n) is 20.0. The summed E-state index contributed by atoms with van der Waals surface area (Å²) in [5, 5.41) is 2.69. The number of Topliss-reactive ketones (excluding diaryl/α,β-unsaturated/α-hetero) is 1. The van der Waals surface area contributed by atoms with Crippen molar-refractivity contribution in [3.63, 3.8) is 0 Å². The third kappa shape index (κ3) is 8.20. The molecule has 34 heavy (non-hydrogen) atoms. The Kier molecular flexibility index (Phi) is 10.5. The number of benzene rings is 3. The number of carbonyl (C=O) groups is 3. The highest BCUT2D eigenvalue weighted by Gasteiger charge is 2.28. The number of esters is 1. The Morgan fingerprint density at radius 3 is 1.91 bits per heavy atom. The first-order valence-electron chi connectivity index (χ1n) is 11.1. The van der Waals surface area contributed by atoms with Gasteiger partial charge in [-0.25, -0.2) is 4.79 Å². The molecule has 6 nitrogen and oxygen atoms in total. The molecule has 3 rings (SSSR count). The Morgan fingerprint density at radius 1 is 0.853 bits per heavy atom. The van der Waals surface area contributed by atoms with E-state index in [1.807, 2.05) is 30.3 Å². The molecule has 3 aromatic rings. The third-order valence-corrected chi connectivity index (χ3v) is 5.02. The molecule has 0 heterocycles. The largest absolute Gasteiger partial charge is 0.497 e. The summed E-state index contributed by atoms with van der Waals surface area (Å²) in [6.07, 6.45) is -0.429. The number of carbonyl (C=O) groups excluding carboxylic acids is 3. The van der Waals surface area contributed by atoms with Gasteiger partial charge in [0.25, 0.3) is 5.91 Å². The Hall–Kier alpha value is -3.93. The summed E-state index contributed by atoms with van der Waals surface area (Å²) < 4.78 is 10.3. The number of amides is 1. The molecule has 178 valence electrons. The summed E-state index contributed by atoms with van der Waals surface area (Å²) in [7, 11) is 1.67. The molecule has 0 bridgehead atoms. The first-order chi connectivity index (χ1) is 16.3. The third-order valence-electron chi connectivity index (χ3n) is 5.02. The molecule has 0 aliphatic carbocycles. The minimum absolute atomic E-state index is 0.225. The van der Waals surface area contributed by atoms with Crippen LogP contribution in [-0.2, 0) is 14.3 Å². The second-order valence-corrected chi connectivity index (χ2v) is 7.64. The van der Waals surface area contributed by atoms with Crippen molar-refractivity contribution in [3.05, 3.63) is 102 Å². The first-order valence-corrected chi connectivity index (χ1v) is 11.1. The molecule has 1 amide bonds. The van der Waals surface area contributed by atoms with Crippen LogP contribution in [0, 0.1) is 6.92 Å². The summed E-state index contributed by atoms with van der Waals surface area (Å²) in [6.45, 7) is 5.19. The van der Waals surface area contributed by atoms with Crippen molar-refractivity contribution in [2.75, 3.05) is 7.11 Å². The van der Waals surface area contributed by atoms with Crippen molar-refractivity contribution >= 4 is 17.7 Å². The summed E-state index contributed by atoms with van der Waals surface area (Å²) in [4.78, 5) is 36.6. The molecule has 0 saturated carbocycles. The number of hydrogen-bond acceptors (Lipinski definition) is 5. The van der Waals surface area contributed by atoms with E-state index in [2.05, 4.69) is 12.2 Å². The minimum Gasteiger partial charge on any atom is -0.497 e. The fraction of sp³-hybridized carbons (Fsp3) is 0.250. The monoisotopic (exact) mass is 461 g/mol. The van der Waals surface area contributed by atoms with Crippen molar-refractivity contribution in [1.82, 2.24) is 5.32 Å². The molecular weight excluding hydrogens is 430 g/mol. The van der Waals surface area contributed by atoms with Crippen LogP contribution in [0.5, 0.6) is 5.75 Å². The highest BCUT2D eigenvalue weighted by Crippen LogP contribution is 2.17. The quantitative estimate of drug-likeness (QED) is 0.474. The fourth-order valence-corrected chi connectivity index (χ4v) is 3.06. The van der Waals surface area contributed by atoms with E-state index in [0.29, 0.717) is 17.5 Å². The van der Waals surface area contributed by atoms with Crippen LogP contribution in [0.4, 0.5) is 0 Å². The molecule has 0 aromatic heterocycles. The van der Waals surface area contributed by atoms with Gasteiger partial charge in [-0.1, -0.05) is 73.2 Å². The van der Waals surface area contributed by atoms with E-state index < -0.39 is 18.1 Å². The van der Waals surface area contributed by atoms with Gasteiger partial charge < -0.3 is 14.8 Å². The van der Waals surface area contributed by atoms with Crippen LogP contribution in [0.15, 0.2) is 84.9 Å². The first kappa shape index (κ1) is 26.3. The fourth-order valence-electron chi connectivity index (χ4n) is 3.06. The van der Waals surface area contributed by atoms with Gasteiger partial charge in [-0.15, -0.1) is 0 Å². The van der Waals surface area contributed by atoms with Gasteiger partial charge in [0.05, 0.1) is 7.11 Å². The van der Waals surface area contributed by atoms with E-state index in [4.69, 9.17) is 9.47 Å². The van der Waals surface area contributed by atoms with Crippen LogP contribution in [-0.4, -0.2) is 30.9 Å². The van der Waals surface area contributed by atoms with Crippen LogP contribution in [0.2, 0.25) is 0 Å². The smallest absolute Gasteiger partial charge is 0.334 e.